The van der Waals surface area contributed by atoms with Gasteiger partial charge in [-0.2, -0.15) is 0 Å². The number of rotatable bonds is 3. The van der Waals surface area contributed by atoms with E-state index in [4.69, 9.17) is 4.42 Å². The Labute approximate surface area is 151 Å². The van der Waals surface area contributed by atoms with Gasteiger partial charge in [-0.25, -0.2) is 4.98 Å². The standard InChI is InChI=1S/C20H22N2O2S/c1-10-7-11(2)17(12(3)8-10)16-9-25-20(21-16)22-19(23)18-13(4)14(5)24-15(18)6/h7-9H,1-6H3,(H,21,22,23). The van der Waals surface area contributed by atoms with Gasteiger partial charge in [-0.05, 0) is 52.7 Å². The Bertz CT molecular complexity index is 943. The molecule has 0 aliphatic carbocycles. The van der Waals surface area contributed by atoms with Crippen molar-refractivity contribution < 1.29 is 9.21 Å². The zero-order valence-electron chi connectivity index (χ0n) is 15.4. The van der Waals surface area contributed by atoms with Crippen LogP contribution in [0.15, 0.2) is 21.9 Å². The summed E-state index contributed by atoms with van der Waals surface area (Å²) < 4.78 is 5.54. The summed E-state index contributed by atoms with van der Waals surface area (Å²) in [6.45, 7) is 11.8. The van der Waals surface area contributed by atoms with Crippen LogP contribution in [0.5, 0.6) is 0 Å². The van der Waals surface area contributed by atoms with Gasteiger partial charge in [0.1, 0.15) is 11.5 Å². The summed E-state index contributed by atoms with van der Waals surface area (Å²) >= 11 is 1.43. The first-order valence-electron chi connectivity index (χ1n) is 8.19. The molecule has 1 amide bonds. The molecular formula is C20H22N2O2S. The van der Waals surface area contributed by atoms with E-state index in [-0.39, 0.29) is 5.91 Å². The number of anilines is 1. The van der Waals surface area contributed by atoms with Crippen molar-refractivity contribution in [3.05, 3.63) is 56.9 Å². The number of furan rings is 1. The van der Waals surface area contributed by atoms with E-state index in [1.54, 1.807) is 6.92 Å². The topological polar surface area (TPSA) is 55.1 Å². The number of aryl methyl sites for hydroxylation is 5. The summed E-state index contributed by atoms with van der Waals surface area (Å²) in [4.78, 5) is 17.2. The molecule has 3 aromatic rings. The molecule has 0 aliphatic rings. The van der Waals surface area contributed by atoms with Crippen molar-refractivity contribution in [2.75, 3.05) is 5.32 Å². The summed E-state index contributed by atoms with van der Waals surface area (Å²) in [6, 6.07) is 4.31. The van der Waals surface area contributed by atoms with Crippen LogP contribution < -0.4 is 5.32 Å². The molecule has 1 N–H and O–H groups in total. The minimum atomic E-state index is -0.176. The molecule has 0 radical (unpaired) electrons. The van der Waals surface area contributed by atoms with Crippen molar-refractivity contribution in [2.45, 2.75) is 41.5 Å². The number of benzene rings is 1. The van der Waals surface area contributed by atoms with E-state index < -0.39 is 0 Å². The van der Waals surface area contributed by atoms with Crippen LogP contribution in [-0.2, 0) is 0 Å². The van der Waals surface area contributed by atoms with E-state index in [0.29, 0.717) is 16.5 Å². The number of amides is 1. The Hall–Kier alpha value is -2.40. The second kappa shape index (κ2) is 6.48. The van der Waals surface area contributed by atoms with Gasteiger partial charge in [-0.15, -0.1) is 11.3 Å². The van der Waals surface area contributed by atoms with Crippen molar-refractivity contribution >= 4 is 22.4 Å². The molecule has 130 valence electrons. The third-order valence-electron chi connectivity index (χ3n) is 4.45. The van der Waals surface area contributed by atoms with Crippen molar-refractivity contribution in [3.8, 4) is 11.3 Å². The second-order valence-electron chi connectivity index (χ2n) is 6.48. The van der Waals surface area contributed by atoms with Crippen LogP contribution in [-0.4, -0.2) is 10.9 Å². The Balaban J connectivity index is 1.89. The van der Waals surface area contributed by atoms with Crippen LogP contribution in [0.3, 0.4) is 0 Å². The normalized spacial score (nSPS) is 11.0. The average molecular weight is 354 g/mol. The van der Waals surface area contributed by atoms with Gasteiger partial charge in [-0.1, -0.05) is 17.7 Å². The van der Waals surface area contributed by atoms with Crippen molar-refractivity contribution in [1.82, 2.24) is 4.98 Å². The maximum Gasteiger partial charge on any atom is 0.261 e. The van der Waals surface area contributed by atoms with Crippen molar-refractivity contribution in [3.63, 3.8) is 0 Å². The monoisotopic (exact) mass is 354 g/mol. The minimum Gasteiger partial charge on any atom is -0.466 e. The molecule has 25 heavy (non-hydrogen) atoms. The van der Waals surface area contributed by atoms with E-state index in [2.05, 4.69) is 43.2 Å². The molecule has 0 spiro atoms. The Morgan fingerprint density at radius 1 is 1.04 bits per heavy atom. The maximum absolute atomic E-state index is 12.6. The van der Waals surface area contributed by atoms with Gasteiger partial charge in [0.15, 0.2) is 5.13 Å². The summed E-state index contributed by atoms with van der Waals surface area (Å²) in [5, 5.41) is 5.48. The van der Waals surface area contributed by atoms with Crippen LogP contribution in [0.1, 0.15) is 44.1 Å². The lowest BCUT2D eigenvalue weighted by Gasteiger charge is -2.08. The van der Waals surface area contributed by atoms with Crippen LogP contribution >= 0.6 is 11.3 Å². The summed E-state index contributed by atoms with van der Waals surface area (Å²) in [6.07, 6.45) is 0. The van der Waals surface area contributed by atoms with Gasteiger partial charge < -0.3 is 4.42 Å². The van der Waals surface area contributed by atoms with Crippen LogP contribution in [0.2, 0.25) is 0 Å². The fraction of sp³-hybridized carbons (Fsp3) is 0.300. The number of carbonyl (C=O) groups is 1. The maximum atomic E-state index is 12.6. The Morgan fingerprint density at radius 3 is 2.24 bits per heavy atom. The number of hydrogen-bond donors (Lipinski definition) is 1. The lowest BCUT2D eigenvalue weighted by molar-refractivity contribution is 0.102. The third-order valence-corrected chi connectivity index (χ3v) is 5.20. The molecule has 4 nitrogen and oxygen atoms in total. The highest BCUT2D eigenvalue weighted by Gasteiger charge is 2.20. The third kappa shape index (κ3) is 3.24. The molecule has 2 aromatic heterocycles. The number of aromatic nitrogens is 1. The molecule has 0 saturated heterocycles. The molecule has 1 aromatic carbocycles. The van der Waals surface area contributed by atoms with E-state index in [9.17, 15) is 4.79 Å². The molecule has 0 atom stereocenters. The highest BCUT2D eigenvalue weighted by Crippen LogP contribution is 2.31. The van der Waals surface area contributed by atoms with E-state index in [0.717, 1.165) is 22.6 Å². The van der Waals surface area contributed by atoms with Crippen LogP contribution in [0.4, 0.5) is 5.13 Å². The zero-order chi connectivity index (χ0) is 18.3. The first kappa shape index (κ1) is 17.4. The molecular weight excluding hydrogens is 332 g/mol. The SMILES string of the molecule is Cc1cc(C)c(-c2csc(NC(=O)c3c(C)oc(C)c3C)n2)c(C)c1. The number of nitrogens with zero attached hydrogens (tertiary/aromatic N) is 1. The smallest absolute Gasteiger partial charge is 0.261 e. The molecule has 2 heterocycles. The lowest BCUT2D eigenvalue weighted by atomic mass is 9.98. The van der Waals surface area contributed by atoms with Crippen molar-refractivity contribution in [2.24, 2.45) is 0 Å². The number of hydrogen-bond acceptors (Lipinski definition) is 4. The summed E-state index contributed by atoms with van der Waals surface area (Å²) in [5.74, 6) is 1.23. The zero-order valence-corrected chi connectivity index (χ0v) is 16.2. The first-order chi connectivity index (χ1) is 11.8. The van der Waals surface area contributed by atoms with Crippen molar-refractivity contribution in [1.29, 1.82) is 0 Å². The fourth-order valence-electron chi connectivity index (χ4n) is 3.32. The average Bonchev–Trinajstić information content (AvgIpc) is 3.03. The molecule has 0 unspecified atom stereocenters. The van der Waals surface area contributed by atoms with E-state index in [1.807, 2.05) is 19.2 Å². The lowest BCUT2D eigenvalue weighted by Crippen LogP contribution is -2.13. The van der Waals surface area contributed by atoms with Gasteiger partial charge >= 0.3 is 0 Å². The van der Waals surface area contributed by atoms with Crippen LogP contribution in [0.25, 0.3) is 11.3 Å². The fourth-order valence-corrected chi connectivity index (χ4v) is 4.01. The predicted octanol–water partition coefficient (Wildman–Crippen LogP) is 5.51. The van der Waals surface area contributed by atoms with E-state index >= 15 is 0 Å². The molecule has 3 rings (SSSR count). The van der Waals surface area contributed by atoms with Gasteiger partial charge in [0.05, 0.1) is 11.3 Å². The van der Waals surface area contributed by atoms with Gasteiger partial charge in [0, 0.05) is 16.5 Å². The number of thiazole rings is 1. The molecule has 0 fully saturated rings. The minimum absolute atomic E-state index is 0.176. The van der Waals surface area contributed by atoms with Gasteiger partial charge in [0.2, 0.25) is 0 Å². The quantitative estimate of drug-likeness (QED) is 0.675. The molecule has 5 heteroatoms. The molecule has 0 aliphatic heterocycles. The first-order valence-corrected chi connectivity index (χ1v) is 9.07. The summed E-state index contributed by atoms with van der Waals surface area (Å²) in [5.41, 5.74) is 7.12. The molecule has 0 saturated carbocycles. The van der Waals surface area contributed by atoms with Crippen LogP contribution in [0, 0.1) is 41.5 Å². The summed E-state index contributed by atoms with van der Waals surface area (Å²) in [7, 11) is 0. The molecule has 0 bridgehead atoms. The van der Waals surface area contributed by atoms with E-state index in [1.165, 1.54) is 28.0 Å². The highest BCUT2D eigenvalue weighted by atomic mass is 32.1. The number of carbonyl (C=O) groups excluding carboxylic acids is 1. The predicted molar refractivity (Wildman–Crippen MR) is 103 cm³/mol. The van der Waals surface area contributed by atoms with Gasteiger partial charge in [0.25, 0.3) is 5.91 Å². The van der Waals surface area contributed by atoms with Gasteiger partial charge in [-0.3, -0.25) is 10.1 Å². The Morgan fingerprint density at radius 2 is 1.68 bits per heavy atom. The highest BCUT2D eigenvalue weighted by molar-refractivity contribution is 7.14. The second-order valence-corrected chi connectivity index (χ2v) is 7.34. The largest absolute Gasteiger partial charge is 0.466 e. The number of nitrogens with one attached hydrogen (secondary N) is 1. The Kier molecular flexibility index (Phi) is 4.52.